The molecule has 2 heteroatoms. The van der Waals surface area contributed by atoms with Gasteiger partial charge in [0, 0.05) is 10.7 Å². The van der Waals surface area contributed by atoms with Gasteiger partial charge in [0.05, 0.1) is 0 Å². The molecule has 1 N–H and O–H groups in total. The first-order chi connectivity index (χ1) is 7.29. The Bertz CT molecular complexity index is 433. The second-order valence-corrected chi connectivity index (χ2v) is 4.90. The summed E-state index contributed by atoms with van der Waals surface area (Å²) in [5, 5.41) is 6.97. The van der Waals surface area contributed by atoms with Crippen molar-refractivity contribution in [1.82, 2.24) is 5.32 Å². The van der Waals surface area contributed by atoms with Crippen LogP contribution >= 0.6 is 11.3 Å². The molecule has 15 heavy (non-hydrogen) atoms. The zero-order valence-corrected chi connectivity index (χ0v) is 10.1. The van der Waals surface area contributed by atoms with Gasteiger partial charge in [0.2, 0.25) is 0 Å². The van der Waals surface area contributed by atoms with Gasteiger partial charge < -0.3 is 5.32 Å². The van der Waals surface area contributed by atoms with Crippen molar-refractivity contribution >= 4 is 21.4 Å². The predicted molar refractivity (Wildman–Crippen MR) is 68.7 cm³/mol. The highest BCUT2D eigenvalue weighted by Crippen LogP contribution is 2.22. The van der Waals surface area contributed by atoms with Crippen LogP contribution in [0.1, 0.15) is 19.4 Å². The second kappa shape index (κ2) is 4.77. The summed E-state index contributed by atoms with van der Waals surface area (Å²) in [6, 6.07) is 9.54. The molecular formula is C13H17NS. The highest BCUT2D eigenvalue weighted by Gasteiger charge is 2.02. The van der Waals surface area contributed by atoms with Crippen molar-refractivity contribution < 1.29 is 0 Å². The molecule has 1 aromatic carbocycles. The van der Waals surface area contributed by atoms with Crippen LogP contribution < -0.4 is 5.32 Å². The number of benzene rings is 1. The first-order valence-electron chi connectivity index (χ1n) is 5.49. The van der Waals surface area contributed by atoms with Crippen molar-refractivity contribution in [3.8, 4) is 0 Å². The van der Waals surface area contributed by atoms with E-state index in [0.29, 0.717) is 6.04 Å². The zero-order chi connectivity index (χ0) is 10.7. The Kier molecular flexibility index (Phi) is 3.39. The fourth-order valence-corrected chi connectivity index (χ4v) is 2.69. The van der Waals surface area contributed by atoms with E-state index < -0.39 is 0 Å². The third kappa shape index (κ3) is 2.58. The molecule has 0 unspecified atom stereocenters. The Balaban J connectivity index is 2.14. The monoisotopic (exact) mass is 219 g/mol. The number of thiophene rings is 1. The molecule has 2 aromatic rings. The molecule has 1 atom stereocenters. The molecule has 0 bridgehead atoms. The van der Waals surface area contributed by atoms with Crippen LogP contribution in [0.3, 0.4) is 0 Å². The Hall–Kier alpha value is -0.860. The van der Waals surface area contributed by atoms with Gasteiger partial charge in [-0.25, -0.2) is 0 Å². The van der Waals surface area contributed by atoms with Gasteiger partial charge in [-0.15, -0.1) is 11.3 Å². The summed E-state index contributed by atoms with van der Waals surface area (Å²) >= 11 is 1.81. The van der Waals surface area contributed by atoms with Crippen LogP contribution in [0.4, 0.5) is 0 Å². The number of hydrogen-bond donors (Lipinski definition) is 1. The van der Waals surface area contributed by atoms with Crippen molar-refractivity contribution in [3.05, 3.63) is 35.2 Å². The lowest BCUT2D eigenvalue weighted by atomic mass is 10.1. The number of rotatable bonds is 4. The van der Waals surface area contributed by atoms with Crippen LogP contribution in [0.5, 0.6) is 0 Å². The minimum atomic E-state index is 0.561. The number of nitrogens with one attached hydrogen (secondary N) is 1. The topological polar surface area (TPSA) is 12.0 Å². The smallest absolute Gasteiger partial charge is 0.0342 e. The Morgan fingerprint density at radius 3 is 3.00 bits per heavy atom. The van der Waals surface area contributed by atoms with Crippen molar-refractivity contribution in [2.24, 2.45) is 0 Å². The van der Waals surface area contributed by atoms with Gasteiger partial charge in [0.25, 0.3) is 0 Å². The highest BCUT2D eigenvalue weighted by atomic mass is 32.1. The Labute approximate surface area is 95.1 Å². The summed E-state index contributed by atoms with van der Waals surface area (Å²) in [5.74, 6) is 0. The predicted octanol–water partition coefficient (Wildman–Crippen LogP) is 3.44. The third-order valence-electron chi connectivity index (χ3n) is 2.61. The van der Waals surface area contributed by atoms with Gasteiger partial charge in [-0.05, 0) is 48.4 Å². The number of fused-ring (bicyclic) bond motifs is 1. The van der Waals surface area contributed by atoms with Gasteiger partial charge in [0.15, 0.2) is 0 Å². The van der Waals surface area contributed by atoms with Crippen LogP contribution in [-0.4, -0.2) is 12.6 Å². The molecule has 1 heterocycles. The average Bonchev–Trinajstić information content (AvgIpc) is 2.65. The van der Waals surface area contributed by atoms with Crippen molar-refractivity contribution in [2.45, 2.75) is 26.3 Å². The summed E-state index contributed by atoms with van der Waals surface area (Å²) in [4.78, 5) is 0. The molecule has 0 fully saturated rings. The lowest BCUT2D eigenvalue weighted by Crippen LogP contribution is -2.27. The standard InChI is InChI=1S/C13H17NS/c1-3-14-10(2)8-11-4-5-13-12(9-11)6-7-15-13/h4-7,9-10,14H,3,8H2,1-2H3/t10-/m1/s1. The average molecular weight is 219 g/mol. The molecule has 0 aliphatic heterocycles. The lowest BCUT2D eigenvalue weighted by molar-refractivity contribution is 0.565. The molecule has 0 saturated carbocycles. The minimum absolute atomic E-state index is 0.561. The van der Waals surface area contributed by atoms with E-state index in [1.165, 1.54) is 15.6 Å². The van der Waals surface area contributed by atoms with E-state index in [-0.39, 0.29) is 0 Å². The van der Waals surface area contributed by atoms with Crippen molar-refractivity contribution in [1.29, 1.82) is 0 Å². The minimum Gasteiger partial charge on any atom is -0.314 e. The maximum absolute atomic E-state index is 3.44. The van der Waals surface area contributed by atoms with E-state index in [1.807, 2.05) is 11.3 Å². The van der Waals surface area contributed by atoms with E-state index in [9.17, 15) is 0 Å². The van der Waals surface area contributed by atoms with Crippen molar-refractivity contribution in [3.63, 3.8) is 0 Å². The Morgan fingerprint density at radius 1 is 1.33 bits per heavy atom. The molecule has 1 nitrogen and oxygen atoms in total. The summed E-state index contributed by atoms with van der Waals surface area (Å²) in [6.07, 6.45) is 1.11. The zero-order valence-electron chi connectivity index (χ0n) is 9.29. The molecule has 1 aromatic heterocycles. The largest absolute Gasteiger partial charge is 0.314 e. The summed E-state index contributed by atoms with van der Waals surface area (Å²) in [7, 11) is 0. The first-order valence-corrected chi connectivity index (χ1v) is 6.37. The molecule has 2 rings (SSSR count). The van der Waals surface area contributed by atoms with Crippen LogP contribution in [0.15, 0.2) is 29.6 Å². The van der Waals surface area contributed by atoms with E-state index in [2.05, 4.69) is 48.8 Å². The third-order valence-corrected chi connectivity index (χ3v) is 3.51. The molecular weight excluding hydrogens is 202 g/mol. The van der Waals surface area contributed by atoms with Crippen LogP contribution in [-0.2, 0) is 6.42 Å². The fourth-order valence-electron chi connectivity index (χ4n) is 1.92. The van der Waals surface area contributed by atoms with Crippen LogP contribution in [0.2, 0.25) is 0 Å². The fraction of sp³-hybridized carbons (Fsp3) is 0.385. The summed E-state index contributed by atoms with van der Waals surface area (Å²) in [5.41, 5.74) is 1.43. The summed E-state index contributed by atoms with van der Waals surface area (Å²) in [6.45, 7) is 5.43. The maximum Gasteiger partial charge on any atom is 0.0342 e. The molecule has 0 aliphatic rings. The van der Waals surface area contributed by atoms with Crippen LogP contribution in [0.25, 0.3) is 10.1 Å². The molecule has 0 amide bonds. The number of hydrogen-bond acceptors (Lipinski definition) is 2. The molecule has 80 valence electrons. The lowest BCUT2D eigenvalue weighted by Gasteiger charge is -2.11. The van der Waals surface area contributed by atoms with E-state index >= 15 is 0 Å². The second-order valence-electron chi connectivity index (χ2n) is 3.96. The van der Waals surface area contributed by atoms with Gasteiger partial charge in [-0.1, -0.05) is 19.1 Å². The van der Waals surface area contributed by atoms with Gasteiger partial charge >= 0.3 is 0 Å². The van der Waals surface area contributed by atoms with E-state index in [0.717, 1.165) is 13.0 Å². The van der Waals surface area contributed by atoms with E-state index in [1.54, 1.807) is 0 Å². The molecule has 0 aliphatic carbocycles. The SMILES string of the molecule is CCN[C@H](C)Cc1ccc2sccc2c1. The highest BCUT2D eigenvalue weighted by molar-refractivity contribution is 7.17. The quantitative estimate of drug-likeness (QED) is 0.830. The first kappa shape index (κ1) is 10.7. The molecule has 0 radical (unpaired) electrons. The van der Waals surface area contributed by atoms with Gasteiger partial charge in [-0.2, -0.15) is 0 Å². The van der Waals surface area contributed by atoms with Crippen LogP contribution in [0, 0.1) is 0 Å². The molecule has 0 saturated heterocycles. The van der Waals surface area contributed by atoms with E-state index in [4.69, 9.17) is 0 Å². The number of likely N-dealkylation sites (N-methyl/N-ethyl adjacent to an activating group) is 1. The van der Waals surface area contributed by atoms with Gasteiger partial charge in [0.1, 0.15) is 0 Å². The maximum atomic E-state index is 3.44. The van der Waals surface area contributed by atoms with Crippen molar-refractivity contribution in [2.75, 3.05) is 6.54 Å². The Morgan fingerprint density at radius 2 is 2.20 bits per heavy atom. The molecule has 0 spiro atoms. The normalized spacial score (nSPS) is 13.2. The van der Waals surface area contributed by atoms with Gasteiger partial charge in [-0.3, -0.25) is 0 Å². The summed E-state index contributed by atoms with van der Waals surface area (Å²) < 4.78 is 1.38.